The molecule has 35 heavy (non-hydrogen) atoms. The molecule has 0 aliphatic carbocycles. The van der Waals surface area contributed by atoms with Crippen molar-refractivity contribution in [3.05, 3.63) is 108 Å². The smallest absolute Gasteiger partial charge is 0.245 e. The molecule has 3 aromatic carbocycles. The van der Waals surface area contributed by atoms with E-state index < -0.39 is 0 Å². The predicted molar refractivity (Wildman–Crippen MR) is 146 cm³/mol. The highest BCUT2D eigenvalue weighted by atomic mass is 16.5. The summed E-state index contributed by atoms with van der Waals surface area (Å²) in [6, 6.07) is 26.8. The molecule has 0 radical (unpaired) electrons. The first-order valence-corrected chi connectivity index (χ1v) is 12.0. The number of allylic oxidation sites excluding steroid dienone is 1. The van der Waals surface area contributed by atoms with Crippen LogP contribution in [0.4, 0.5) is 5.69 Å². The Morgan fingerprint density at radius 2 is 1.54 bits per heavy atom. The molecule has 182 valence electrons. The second kappa shape index (κ2) is 13.2. The van der Waals surface area contributed by atoms with Gasteiger partial charge in [0.1, 0.15) is 12.4 Å². The van der Waals surface area contributed by atoms with Crippen LogP contribution in [0.1, 0.15) is 30.0 Å². The Morgan fingerprint density at radius 3 is 2.14 bits per heavy atom. The highest BCUT2D eigenvalue weighted by Gasteiger charge is 2.13. The molecule has 0 heterocycles. The third-order valence-corrected chi connectivity index (χ3v) is 5.63. The summed E-state index contributed by atoms with van der Waals surface area (Å²) >= 11 is 0. The molecular formula is C30H35N3O2. The van der Waals surface area contributed by atoms with Gasteiger partial charge >= 0.3 is 0 Å². The third kappa shape index (κ3) is 7.59. The van der Waals surface area contributed by atoms with Crippen molar-refractivity contribution in [2.75, 3.05) is 39.5 Å². The summed E-state index contributed by atoms with van der Waals surface area (Å²) in [4.78, 5) is 13.1. The molecule has 0 aromatic heterocycles. The van der Waals surface area contributed by atoms with Crippen LogP contribution < -0.4 is 15.8 Å². The first-order chi connectivity index (χ1) is 17.0. The van der Waals surface area contributed by atoms with Crippen molar-refractivity contribution in [1.29, 1.82) is 0 Å². The summed E-state index contributed by atoms with van der Waals surface area (Å²) in [5.41, 5.74) is 12.7. The van der Waals surface area contributed by atoms with E-state index in [1.807, 2.05) is 36.4 Å². The van der Waals surface area contributed by atoms with Gasteiger partial charge in [0.15, 0.2) is 0 Å². The van der Waals surface area contributed by atoms with E-state index in [0.29, 0.717) is 19.7 Å². The fourth-order valence-corrected chi connectivity index (χ4v) is 3.78. The number of hydrogen-bond donors (Lipinski definition) is 2. The Kier molecular flexibility index (Phi) is 9.69. The molecule has 0 aliphatic rings. The second-order valence-electron chi connectivity index (χ2n) is 8.41. The molecule has 0 saturated carbocycles. The number of rotatable bonds is 11. The largest absolute Gasteiger partial charge is 0.492 e. The van der Waals surface area contributed by atoms with Gasteiger partial charge < -0.3 is 20.7 Å². The fourth-order valence-electron chi connectivity index (χ4n) is 3.78. The predicted octanol–water partition coefficient (Wildman–Crippen LogP) is 5.25. The van der Waals surface area contributed by atoms with Gasteiger partial charge in [-0.25, -0.2) is 0 Å². The number of likely N-dealkylation sites (N-methyl/N-ethyl adjacent to an activating group) is 1. The molecule has 5 heteroatoms. The van der Waals surface area contributed by atoms with Crippen molar-refractivity contribution >= 4 is 22.7 Å². The lowest BCUT2D eigenvalue weighted by Crippen LogP contribution is -2.22. The first-order valence-electron chi connectivity index (χ1n) is 12.0. The highest BCUT2D eigenvalue weighted by Crippen LogP contribution is 2.35. The lowest BCUT2D eigenvalue weighted by molar-refractivity contribution is -0.123. The van der Waals surface area contributed by atoms with Gasteiger partial charge in [0.25, 0.3) is 0 Å². The van der Waals surface area contributed by atoms with Crippen LogP contribution in [0.2, 0.25) is 0 Å². The topological polar surface area (TPSA) is 67.6 Å². The van der Waals surface area contributed by atoms with E-state index in [0.717, 1.165) is 29.0 Å². The molecule has 3 rings (SSSR count). The van der Waals surface area contributed by atoms with E-state index in [-0.39, 0.29) is 5.91 Å². The van der Waals surface area contributed by atoms with E-state index in [9.17, 15) is 4.79 Å². The number of amides is 1. The van der Waals surface area contributed by atoms with Gasteiger partial charge in [-0.05, 0) is 58.5 Å². The average molecular weight is 470 g/mol. The molecular weight excluding hydrogens is 434 g/mol. The summed E-state index contributed by atoms with van der Waals surface area (Å²) in [5, 5.41) is 3.25. The van der Waals surface area contributed by atoms with E-state index in [2.05, 4.69) is 60.8 Å². The second-order valence-corrected chi connectivity index (χ2v) is 8.41. The number of nitrogens with two attached hydrogens (primary N) is 1. The van der Waals surface area contributed by atoms with Gasteiger partial charge in [-0.2, -0.15) is 0 Å². The van der Waals surface area contributed by atoms with Gasteiger partial charge in [-0.3, -0.25) is 4.79 Å². The Hall–Kier alpha value is -3.83. The zero-order valence-corrected chi connectivity index (χ0v) is 20.8. The molecule has 0 unspecified atom stereocenters. The molecule has 3 N–H and O–H groups in total. The number of benzene rings is 3. The molecule has 0 atom stereocenters. The summed E-state index contributed by atoms with van der Waals surface area (Å²) in [6.07, 6.45) is 4.29. The molecule has 0 aliphatic heterocycles. The minimum absolute atomic E-state index is 0.0194. The van der Waals surface area contributed by atoms with Crippen LogP contribution in [0, 0.1) is 0 Å². The van der Waals surface area contributed by atoms with Crippen LogP contribution in [-0.2, 0) is 4.79 Å². The SMILES string of the molecule is CC/C(=C(\c1ccc(N)cc1)c1ccc(OCCNC/C=C/C(=O)N(C)C)cc1)c1ccccc1. The number of nitrogens with one attached hydrogen (secondary N) is 1. The van der Waals surface area contributed by atoms with Gasteiger partial charge in [-0.15, -0.1) is 0 Å². The summed E-state index contributed by atoms with van der Waals surface area (Å²) < 4.78 is 5.91. The van der Waals surface area contributed by atoms with Gasteiger partial charge in [0.05, 0.1) is 0 Å². The van der Waals surface area contributed by atoms with Crippen molar-refractivity contribution in [2.24, 2.45) is 0 Å². The number of nitrogen functional groups attached to an aromatic ring is 1. The first kappa shape index (κ1) is 25.8. The standard InChI is InChI=1S/C30H35N3O2/c1-4-28(23-9-6-5-7-10-23)30(24-12-16-26(31)17-13-24)25-14-18-27(19-15-25)35-22-21-32-20-8-11-29(34)33(2)3/h5-19,32H,4,20-22,31H2,1-3H3/b11-8+,30-28-. The maximum absolute atomic E-state index is 11.5. The normalized spacial score (nSPS) is 11.9. The molecule has 0 bridgehead atoms. The Balaban J connectivity index is 1.71. The van der Waals surface area contributed by atoms with Gasteiger partial charge in [0.2, 0.25) is 5.91 Å². The van der Waals surface area contributed by atoms with Crippen molar-refractivity contribution < 1.29 is 9.53 Å². The number of carbonyl (C=O) groups excluding carboxylic acids is 1. The van der Waals surface area contributed by atoms with Crippen molar-refractivity contribution in [3.8, 4) is 5.75 Å². The van der Waals surface area contributed by atoms with Crippen molar-refractivity contribution in [3.63, 3.8) is 0 Å². The average Bonchev–Trinajstić information content (AvgIpc) is 2.88. The van der Waals surface area contributed by atoms with Crippen LogP contribution in [-0.4, -0.2) is 44.6 Å². The van der Waals surface area contributed by atoms with E-state index >= 15 is 0 Å². The minimum Gasteiger partial charge on any atom is -0.492 e. The Morgan fingerprint density at radius 1 is 0.914 bits per heavy atom. The van der Waals surface area contributed by atoms with Crippen molar-refractivity contribution in [2.45, 2.75) is 13.3 Å². The minimum atomic E-state index is -0.0194. The van der Waals surface area contributed by atoms with Crippen LogP contribution in [0.5, 0.6) is 5.75 Å². The lowest BCUT2D eigenvalue weighted by Gasteiger charge is -2.17. The molecule has 1 amide bonds. The third-order valence-electron chi connectivity index (χ3n) is 5.63. The van der Waals surface area contributed by atoms with Crippen LogP contribution >= 0.6 is 0 Å². The summed E-state index contributed by atoms with van der Waals surface area (Å²) in [5.74, 6) is 0.803. The highest BCUT2D eigenvalue weighted by molar-refractivity contribution is 5.98. The number of anilines is 1. The maximum Gasteiger partial charge on any atom is 0.245 e. The number of ether oxygens (including phenoxy) is 1. The Bertz CT molecular complexity index is 1130. The van der Waals surface area contributed by atoms with E-state index in [4.69, 9.17) is 10.5 Å². The number of carbonyl (C=O) groups is 1. The monoisotopic (exact) mass is 469 g/mol. The zero-order valence-electron chi connectivity index (χ0n) is 20.8. The maximum atomic E-state index is 11.5. The summed E-state index contributed by atoms with van der Waals surface area (Å²) in [7, 11) is 3.47. The van der Waals surface area contributed by atoms with Crippen LogP contribution in [0.25, 0.3) is 11.1 Å². The van der Waals surface area contributed by atoms with Crippen LogP contribution in [0.3, 0.4) is 0 Å². The molecule has 0 saturated heterocycles. The van der Waals surface area contributed by atoms with E-state index in [1.54, 1.807) is 25.1 Å². The molecule has 5 nitrogen and oxygen atoms in total. The lowest BCUT2D eigenvalue weighted by atomic mass is 9.88. The van der Waals surface area contributed by atoms with Gasteiger partial charge in [0, 0.05) is 38.9 Å². The molecule has 0 spiro atoms. The number of nitrogens with zero attached hydrogens (tertiary/aromatic N) is 1. The summed E-state index contributed by atoms with van der Waals surface area (Å²) in [6.45, 7) is 4.04. The quantitative estimate of drug-likeness (QED) is 0.174. The molecule has 3 aromatic rings. The molecule has 0 fully saturated rings. The zero-order chi connectivity index (χ0) is 25.0. The van der Waals surface area contributed by atoms with Crippen molar-refractivity contribution in [1.82, 2.24) is 10.2 Å². The Labute approximate surface area is 208 Å². The number of hydrogen-bond acceptors (Lipinski definition) is 4. The van der Waals surface area contributed by atoms with Crippen LogP contribution in [0.15, 0.2) is 91.0 Å². The van der Waals surface area contributed by atoms with E-state index in [1.165, 1.54) is 16.7 Å². The fraction of sp³-hybridized carbons (Fsp3) is 0.233. The van der Waals surface area contributed by atoms with Gasteiger partial charge in [-0.1, -0.05) is 67.6 Å².